The Balaban J connectivity index is 2.13. The van der Waals surface area contributed by atoms with Crippen LogP contribution in [0.25, 0.3) is 0 Å². The summed E-state index contributed by atoms with van der Waals surface area (Å²) >= 11 is 0. The smallest absolute Gasteiger partial charge is 0.122 e. The number of hydrogen-bond acceptors (Lipinski definition) is 3. The second-order valence-electron chi connectivity index (χ2n) is 5.12. The third kappa shape index (κ3) is 2.20. The largest absolute Gasteiger partial charge is 0.493 e. The van der Waals surface area contributed by atoms with Crippen LogP contribution in [0.5, 0.6) is 5.75 Å². The predicted octanol–water partition coefficient (Wildman–Crippen LogP) is 2.15. The number of hydrogen-bond donors (Lipinski definition) is 1. The van der Waals surface area contributed by atoms with Crippen molar-refractivity contribution in [3.63, 3.8) is 0 Å². The Morgan fingerprint density at radius 2 is 2.19 bits per heavy atom. The zero-order valence-electron chi connectivity index (χ0n) is 9.90. The van der Waals surface area contributed by atoms with Crippen molar-refractivity contribution < 1.29 is 9.57 Å². The van der Waals surface area contributed by atoms with Crippen LogP contribution in [0.2, 0.25) is 0 Å². The Morgan fingerprint density at radius 3 is 2.94 bits per heavy atom. The average molecular weight is 221 g/mol. The van der Waals surface area contributed by atoms with Gasteiger partial charge in [0.25, 0.3) is 0 Å². The van der Waals surface area contributed by atoms with E-state index in [2.05, 4.69) is 26.0 Å². The second-order valence-corrected chi connectivity index (χ2v) is 5.12. The zero-order valence-corrected chi connectivity index (χ0v) is 9.90. The molecular weight excluding hydrogens is 202 g/mol. The number of benzene rings is 1. The zero-order chi connectivity index (χ0) is 11.6. The van der Waals surface area contributed by atoms with Crippen LogP contribution in [-0.2, 0) is 11.3 Å². The number of ether oxygens (including phenoxy) is 1. The van der Waals surface area contributed by atoms with Gasteiger partial charge in [-0.25, -0.2) is 5.90 Å². The van der Waals surface area contributed by atoms with Crippen LogP contribution in [-0.4, -0.2) is 13.2 Å². The monoisotopic (exact) mass is 221 g/mol. The first-order valence-corrected chi connectivity index (χ1v) is 5.66. The molecule has 2 N–H and O–H groups in total. The first-order chi connectivity index (χ1) is 7.63. The Hall–Kier alpha value is -1.06. The number of rotatable bonds is 3. The highest BCUT2D eigenvalue weighted by Crippen LogP contribution is 2.36. The molecule has 1 aromatic rings. The molecular formula is C13H19NO2. The van der Waals surface area contributed by atoms with E-state index in [0.717, 1.165) is 18.8 Å². The Morgan fingerprint density at radius 1 is 1.44 bits per heavy atom. The molecule has 0 bridgehead atoms. The summed E-state index contributed by atoms with van der Waals surface area (Å²) in [5.74, 6) is 6.64. The molecule has 1 heterocycles. The van der Waals surface area contributed by atoms with E-state index in [1.54, 1.807) is 0 Å². The molecule has 0 amide bonds. The maximum Gasteiger partial charge on any atom is 0.122 e. The van der Waals surface area contributed by atoms with Crippen molar-refractivity contribution in [3.05, 3.63) is 29.8 Å². The third-order valence-corrected chi connectivity index (χ3v) is 3.44. The maximum absolute atomic E-state index is 5.77. The number of nitrogens with two attached hydrogens (primary N) is 1. The van der Waals surface area contributed by atoms with Crippen LogP contribution < -0.4 is 10.6 Å². The summed E-state index contributed by atoms with van der Waals surface area (Å²) < 4.78 is 5.77. The van der Waals surface area contributed by atoms with Gasteiger partial charge in [-0.2, -0.15) is 0 Å². The molecule has 3 nitrogen and oxygen atoms in total. The normalized spacial score (nSPS) is 20.1. The first kappa shape index (κ1) is 11.4. The summed E-state index contributed by atoms with van der Waals surface area (Å²) in [4.78, 5) is 4.79. The van der Waals surface area contributed by atoms with Crippen molar-refractivity contribution in [3.8, 4) is 5.75 Å². The van der Waals surface area contributed by atoms with Gasteiger partial charge in [-0.15, -0.1) is 0 Å². The lowest BCUT2D eigenvalue weighted by atomic mass is 9.75. The predicted molar refractivity (Wildman–Crippen MR) is 63.1 cm³/mol. The van der Waals surface area contributed by atoms with Crippen LogP contribution in [0, 0.1) is 11.3 Å². The van der Waals surface area contributed by atoms with Gasteiger partial charge in [0, 0.05) is 5.92 Å². The lowest BCUT2D eigenvalue weighted by Crippen LogP contribution is -2.37. The van der Waals surface area contributed by atoms with Crippen molar-refractivity contribution in [2.45, 2.75) is 20.3 Å². The Kier molecular flexibility index (Phi) is 3.17. The number of para-hydroxylation sites is 1. The quantitative estimate of drug-likeness (QED) is 0.795. The molecule has 0 fully saturated rings. The summed E-state index contributed by atoms with van der Waals surface area (Å²) in [5.41, 5.74) is 1.33. The van der Waals surface area contributed by atoms with Gasteiger partial charge in [-0.1, -0.05) is 32.0 Å². The molecule has 1 aliphatic heterocycles. The maximum atomic E-state index is 5.77. The van der Waals surface area contributed by atoms with E-state index in [1.807, 2.05) is 12.1 Å². The minimum Gasteiger partial charge on any atom is -0.493 e. The van der Waals surface area contributed by atoms with E-state index in [-0.39, 0.29) is 5.41 Å². The van der Waals surface area contributed by atoms with Gasteiger partial charge >= 0.3 is 0 Å². The minimum atomic E-state index is 0.0439. The van der Waals surface area contributed by atoms with Gasteiger partial charge in [0.2, 0.25) is 0 Å². The Labute approximate surface area is 96.5 Å². The van der Waals surface area contributed by atoms with Gasteiger partial charge < -0.3 is 9.57 Å². The average Bonchev–Trinajstić information content (AvgIpc) is 2.28. The third-order valence-electron chi connectivity index (χ3n) is 3.44. The van der Waals surface area contributed by atoms with Gasteiger partial charge in [0.1, 0.15) is 5.75 Å². The van der Waals surface area contributed by atoms with Crippen molar-refractivity contribution in [2.75, 3.05) is 13.2 Å². The molecule has 1 aromatic carbocycles. The highest BCUT2D eigenvalue weighted by molar-refractivity contribution is 5.35. The van der Waals surface area contributed by atoms with Crippen molar-refractivity contribution in [2.24, 2.45) is 17.2 Å². The minimum absolute atomic E-state index is 0.0439. The Bertz CT molecular complexity index is 363. The lowest BCUT2D eigenvalue weighted by Gasteiger charge is -2.36. The summed E-state index contributed by atoms with van der Waals surface area (Å²) in [5, 5.41) is 0. The van der Waals surface area contributed by atoms with Gasteiger partial charge in [0.05, 0.1) is 13.2 Å². The van der Waals surface area contributed by atoms with Crippen LogP contribution in [0.3, 0.4) is 0 Å². The lowest BCUT2D eigenvalue weighted by molar-refractivity contribution is 0.00734. The van der Waals surface area contributed by atoms with E-state index in [0.29, 0.717) is 12.5 Å². The molecule has 1 unspecified atom stereocenters. The fourth-order valence-electron chi connectivity index (χ4n) is 2.16. The van der Waals surface area contributed by atoms with Crippen molar-refractivity contribution in [1.29, 1.82) is 0 Å². The molecule has 2 rings (SSSR count). The molecule has 0 aromatic heterocycles. The van der Waals surface area contributed by atoms with Crippen LogP contribution in [0.1, 0.15) is 19.4 Å². The summed E-state index contributed by atoms with van der Waals surface area (Å²) in [6, 6.07) is 8.21. The van der Waals surface area contributed by atoms with Gasteiger partial charge in [0.15, 0.2) is 0 Å². The van der Waals surface area contributed by atoms with E-state index >= 15 is 0 Å². The molecule has 3 heteroatoms. The fourth-order valence-corrected chi connectivity index (χ4v) is 2.16. The highest BCUT2D eigenvalue weighted by atomic mass is 16.6. The molecule has 0 radical (unpaired) electrons. The van der Waals surface area contributed by atoms with E-state index in [1.165, 1.54) is 5.56 Å². The SMILES string of the molecule is CC(C)(CON)C1COc2ccccc2C1. The van der Waals surface area contributed by atoms with Crippen LogP contribution >= 0.6 is 0 Å². The van der Waals surface area contributed by atoms with Gasteiger partial charge in [-0.05, 0) is 23.5 Å². The molecule has 16 heavy (non-hydrogen) atoms. The standard InChI is InChI=1S/C13H19NO2/c1-13(2,9-16-14)11-7-10-5-3-4-6-12(10)15-8-11/h3-6,11H,7-9,14H2,1-2H3. The molecule has 0 saturated heterocycles. The molecule has 88 valence electrons. The van der Waals surface area contributed by atoms with Crippen LogP contribution in [0.15, 0.2) is 24.3 Å². The molecule has 0 spiro atoms. The molecule has 0 aliphatic carbocycles. The summed E-state index contributed by atoms with van der Waals surface area (Å²) in [7, 11) is 0. The molecule has 1 aliphatic rings. The van der Waals surface area contributed by atoms with E-state index in [4.69, 9.17) is 15.5 Å². The van der Waals surface area contributed by atoms with Crippen molar-refractivity contribution >= 4 is 0 Å². The van der Waals surface area contributed by atoms with Crippen molar-refractivity contribution in [1.82, 2.24) is 0 Å². The molecule has 0 saturated carbocycles. The van der Waals surface area contributed by atoms with Gasteiger partial charge in [-0.3, -0.25) is 0 Å². The highest BCUT2D eigenvalue weighted by Gasteiger charge is 2.33. The summed E-state index contributed by atoms with van der Waals surface area (Å²) in [6.07, 6.45) is 1.03. The van der Waals surface area contributed by atoms with Crippen LogP contribution in [0.4, 0.5) is 0 Å². The first-order valence-electron chi connectivity index (χ1n) is 5.66. The van der Waals surface area contributed by atoms with E-state index in [9.17, 15) is 0 Å². The van der Waals surface area contributed by atoms with E-state index < -0.39 is 0 Å². The number of fused-ring (bicyclic) bond motifs is 1. The molecule has 1 atom stereocenters. The topological polar surface area (TPSA) is 44.5 Å². The second kappa shape index (κ2) is 4.44. The fraction of sp³-hybridized carbons (Fsp3) is 0.538. The summed E-state index contributed by atoms with van der Waals surface area (Å²) in [6.45, 7) is 5.64.